The van der Waals surface area contributed by atoms with E-state index >= 15 is 0 Å². The van der Waals surface area contributed by atoms with E-state index in [1.807, 2.05) is 5.32 Å². The zero-order valence-corrected chi connectivity index (χ0v) is 18.3. The highest BCUT2D eigenvalue weighted by Crippen LogP contribution is 2.03. The molecule has 16 heteroatoms. The van der Waals surface area contributed by atoms with Crippen LogP contribution in [0.25, 0.3) is 0 Å². The first-order chi connectivity index (χ1) is 15.8. The minimum Gasteiger partial charge on any atom is -0.481 e. The highest BCUT2D eigenvalue weighted by Gasteiger charge is 2.32. The average Bonchev–Trinajstić information content (AvgIpc) is 2.71. The maximum Gasteiger partial charge on any atom is 0.326 e. The Morgan fingerprint density at radius 2 is 1.12 bits per heavy atom. The van der Waals surface area contributed by atoms with Crippen LogP contribution in [0, 0.1) is 0 Å². The van der Waals surface area contributed by atoms with Gasteiger partial charge in [0.25, 0.3) is 0 Å². The monoisotopic (exact) mass is 489 g/mol. The fourth-order valence-electron chi connectivity index (χ4n) is 2.66. The van der Waals surface area contributed by atoms with Crippen molar-refractivity contribution in [1.82, 2.24) is 16.0 Å². The first-order valence-corrected chi connectivity index (χ1v) is 10.2. The second-order valence-corrected chi connectivity index (χ2v) is 7.35. The van der Waals surface area contributed by atoms with Gasteiger partial charge in [-0.1, -0.05) is 6.42 Å². The van der Waals surface area contributed by atoms with Crippen molar-refractivity contribution in [2.24, 2.45) is 22.9 Å². The molecule has 0 fully saturated rings. The van der Waals surface area contributed by atoms with Crippen LogP contribution >= 0.6 is 0 Å². The number of unbranched alkanes of at least 4 members (excludes halogenated alkanes) is 1. The van der Waals surface area contributed by atoms with Crippen molar-refractivity contribution in [2.75, 3.05) is 6.54 Å². The molecule has 0 aliphatic rings. The minimum absolute atomic E-state index is 0.216. The molecule has 0 heterocycles. The summed E-state index contributed by atoms with van der Waals surface area (Å²) in [6.45, 7) is 0.379. The summed E-state index contributed by atoms with van der Waals surface area (Å²) in [6.07, 6.45) is -1.15. The number of nitrogens with two attached hydrogens (primary N) is 4. The Balaban J connectivity index is 5.48. The standard InChI is InChI=1S/C18H31N7O9/c19-4-2-1-3-8(20)15(30)23-10(7-14(28)29)17(32)24-9(5-12(21)26)16(31)25-11(18(33)34)6-13(22)27/h8-11H,1-7,19-20H2,(H2,21,26)(H2,22,27)(H,23,30)(H,24,32)(H,25,31)(H,28,29)(H,33,34). The fourth-order valence-corrected chi connectivity index (χ4v) is 2.66. The summed E-state index contributed by atoms with van der Waals surface area (Å²) in [5, 5.41) is 24.3. The number of aliphatic carboxylic acids is 2. The van der Waals surface area contributed by atoms with E-state index in [9.17, 15) is 33.6 Å². The quantitative estimate of drug-likeness (QED) is 0.0873. The smallest absolute Gasteiger partial charge is 0.326 e. The van der Waals surface area contributed by atoms with E-state index in [-0.39, 0.29) is 6.42 Å². The van der Waals surface area contributed by atoms with Crippen LogP contribution in [0.4, 0.5) is 0 Å². The van der Waals surface area contributed by atoms with Crippen LogP contribution in [-0.2, 0) is 33.6 Å². The number of hydrogen-bond acceptors (Lipinski definition) is 9. The van der Waals surface area contributed by atoms with Crippen molar-refractivity contribution in [3.05, 3.63) is 0 Å². The van der Waals surface area contributed by atoms with Gasteiger partial charge in [0.15, 0.2) is 0 Å². The van der Waals surface area contributed by atoms with Gasteiger partial charge in [-0.3, -0.25) is 28.8 Å². The van der Waals surface area contributed by atoms with E-state index in [4.69, 9.17) is 33.1 Å². The highest BCUT2D eigenvalue weighted by molar-refractivity contribution is 5.97. The van der Waals surface area contributed by atoms with Crippen molar-refractivity contribution in [1.29, 1.82) is 0 Å². The summed E-state index contributed by atoms with van der Waals surface area (Å²) in [4.78, 5) is 82.0. The lowest BCUT2D eigenvalue weighted by Crippen LogP contribution is -2.58. The summed E-state index contributed by atoms with van der Waals surface area (Å²) < 4.78 is 0. The lowest BCUT2D eigenvalue weighted by atomic mass is 10.1. The van der Waals surface area contributed by atoms with Gasteiger partial charge in [0.2, 0.25) is 29.5 Å². The molecular weight excluding hydrogens is 458 g/mol. The van der Waals surface area contributed by atoms with E-state index in [0.29, 0.717) is 19.4 Å². The predicted molar refractivity (Wildman–Crippen MR) is 114 cm³/mol. The van der Waals surface area contributed by atoms with Crippen LogP contribution in [0.2, 0.25) is 0 Å². The second-order valence-electron chi connectivity index (χ2n) is 7.35. The molecule has 5 amide bonds. The van der Waals surface area contributed by atoms with Gasteiger partial charge in [-0.15, -0.1) is 0 Å². The summed E-state index contributed by atoms with van der Waals surface area (Å²) >= 11 is 0. The van der Waals surface area contributed by atoms with Crippen LogP contribution in [0.1, 0.15) is 38.5 Å². The number of primary amides is 2. The van der Waals surface area contributed by atoms with Crippen LogP contribution in [0.15, 0.2) is 0 Å². The van der Waals surface area contributed by atoms with Crippen LogP contribution in [-0.4, -0.2) is 82.4 Å². The summed E-state index contributed by atoms with van der Waals surface area (Å²) in [6, 6.07) is -6.26. The molecule has 13 N–H and O–H groups in total. The Bertz CT molecular complexity index is 790. The fraction of sp³-hybridized carbons (Fsp3) is 0.611. The van der Waals surface area contributed by atoms with E-state index < -0.39 is 84.9 Å². The number of rotatable bonds is 17. The van der Waals surface area contributed by atoms with Gasteiger partial charge >= 0.3 is 11.9 Å². The van der Waals surface area contributed by atoms with Gasteiger partial charge in [0.05, 0.1) is 25.3 Å². The molecule has 0 aliphatic carbocycles. The van der Waals surface area contributed by atoms with Crippen molar-refractivity contribution >= 4 is 41.5 Å². The van der Waals surface area contributed by atoms with Crippen LogP contribution in [0.3, 0.4) is 0 Å². The molecule has 192 valence electrons. The minimum atomic E-state index is -1.77. The number of hydrogen-bond donors (Lipinski definition) is 9. The third-order valence-corrected chi connectivity index (χ3v) is 4.38. The molecule has 0 aromatic rings. The summed E-state index contributed by atoms with van der Waals surface area (Å²) in [7, 11) is 0. The number of amides is 5. The van der Waals surface area contributed by atoms with E-state index in [1.165, 1.54) is 0 Å². The number of carboxylic acid groups (broad SMARTS) is 2. The lowest BCUT2D eigenvalue weighted by molar-refractivity contribution is -0.144. The third-order valence-electron chi connectivity index (χ3n) is 4.38. The molecule has 0 rings (SSSR count). The molecule has 0 bridgehead atoms. The summed E-state index contributed by atoms with van der Waals surface area (Å²) in [5.74, 6) is -8.41. The number of carboxylic acids is 2. The zero-order valence-electron chi connectivity index (χ0n) is 18.3. The third kappa shape index (κ3) is 12.3. The predicted octanol–water partition coefficient (Wildman–Crippen LogP) is -4.79. The Morgan fingerprint density at radius 3 is 1.56 bits per heavy atom. The first-order valence-electron chi connectivity index (χ1n) is 10.2. The van der Waals surface area contributed by atoms with Crippen LogP contribution in [0.5, 0.6) is 0 Å². The van der Waals surface area contributed by atoms with Crippen molar-refractivity contribution in [3.63, 3.8) is 0 Å². The normalized spacial score (nSPS) is 14.1. The molecule has 0 aliphatic heterocycles. The molecule has 4 unspecified atom stereocenters. The van der Waals surface area contributed by atoms with Crippen molar-refractivity contribution in [2.45, 2.75) is 62.7 Å². The van der Waals surface area contributed by atoms with Gasteiger partial charge in [0, 0.05) is 0 Å². The molecule has 4 atom stereocenters. The molecule has 34 heavy (non-hydrogen) atoms. The molecule has 0 radical (unpaired) electrons. The average molecular weight is 489 g/mol. The Hall–Kier alpha value is -3.79. The lowest BCUT2D eigenvalue weighted by Gasteiger charge is -2.24. The molecule has 0 saturated heterocycles. The number of carbonyl (C=O) groups excluding carboxylic acids is 5. The van der Waals surface area contributed by atoms with E-state index in [0.717, 1.165) is 0 Å². The molecule has 0 aromatic carbocycles. The van der Waals surface area contributed by atoms with Crippen molar-refractivity contribution in [3.8, 4) is 0 Å². The van der Waals surface area contributed by atoms with Crippen molar-refractivity contribution < 1.29 is 43.8 Å². The molecular formula is C18H31N7O9. The van der Waals surface area contributed by atoms with Gasteiger partial charge in [-0.05, 0) is 19.4 Å². The molecule has 0 aromatic heterocycles. The highest BCUT2D eigenvalue weighted by atomic mass is 16.4. The van der Waals surface area contributed by atoms with Gasteiger partial charge in [-0.25, -0.2) is 4.79 Å². The Morgan fingerprint density at radius 1 is 0.676 bits per heavy atom. The SMILES string of the molecule is NCCCCC(N)C(=O)NC(CC(=O)O)C(=O)NC(CC(N)=O)C(=O)NC(CC(N)=O)C(=O)O. The molecule has 0 saturated carbocycles. The number of nitrogens with one attached hydrogen (secondary N) is 3. The molecule has 0 spiro atoms. The van der Waals surface area contributed by atoms with E-state index in [2.05, 4.69) is 10.6 Å². The Kier molecular flexibility index (Phi) is 13.4. The summed E-state index contributed by atoms with van der Waals surface area (Å²) in [5.41, 5.74) is 21.1. The topological polar surface area (TPSA) is 300 Å². The number of carbonyl (C=O) groups is 7. The first kappa shape index (κ1) is 30.2. The van der Waals surface area contributed by atoms with E-state index in [1.54, 1.807) is 0 Å². The second kappa shape index (κ2) is 15.1. The van der Waals surface area contributed by atoms with Crippen LogP contribution < -0.4 is 38.9 Å². The van der Waals surface area contributed by atoms with Gasteiger partial charge < -0.3 is 49.1 Å². The van der Waals surface area contributed by atoms with Gasteiger partial charge in [-0.2, -0.15) is 0 Å². The largest absolute Gasteiger partial charge is 0.481 e. The maximum atomic E-state index is 12.6. The Labute approximate surface area is 194 Å². The zero-order chi connectivity index (χ0) is 26.4. The van der Waals surface area contributed by atoms with Gasteiger partial charge in [0.1, 0.15) is 18.1 Å². The maximum absolute atomic E-state index is 12.6. The molecule has 16 nitrogen and oxygen atoms in total.